The molecule has 0 saturated carbocycles. The van der Waals surface area contributed by atoms with Gasteiger partial charge in [-0.25, -0.2) is 4.98 Å². The van der Waals surface area contributed by atoms with Crippen molar-refractivity contribution in [1.29, 1.82) is 0 Å². The van der Waals surface area contributed by atoms with Gasteiger partial charge in [-0.3, -0.25) is 9.89 Å². The molecular formula is C14H19N5OS. The highest BCUT2D eigenvalue weighted by molar-refractivity contribution is 7.09. The summed E-state index contributed by atoms with van der Waals surface area (Å²) in [6, 6.07) is 1.99. The van der Waals surface area contributed by atoms with Gasteiger partial charge in [0.05, 0.1) is 5.01 Å². The lowest BCUT2D eigenvalue weighted by molar-refractivity contribution is 0.0700. The Balaban J connectivity index is 1.68. The third-order valence-electron chi connectivity index (χ3n) is 3.80. The molecule has 1 amide bonds. The predicted octanol–water partition coefficient (Wildman–Crippen LogP) is 1.39. The van der Waals surface area contributed by atoms with Crippen LogP contribution in [0.4, 0.5) is 0 Å². The van der Waals surface area contributed by atoms with E-state index in [4.69, 9.17) is 5.73 Å². The summed E-state index contributed by atoms with van der Waals surface area (Å²) < 4.78 is 0. The molecule has 1 aliphatic rings. The first-order valence-corrected chi connectivity index (χ1v) is 8.09. The standard InChI is InChI=1S/C14H19N5OS/c15-5-3-13-17-12(9-21-13)14(20)19-7-1-2-10(8-19)11-4-6-16-18-11/h4,6,9-10H,1-3,5,7-8,15H2,(H,16,18). The van der Waals surface area contributed by atoms with Gasteiger partial charge in [-0.1, -0.05) is 0 Å². The number of carbonyl (C=O) groups excluding carboxylic acids is 1. The number of hydrogen-bond donors (Lipinski definition) is 2. The average Bonchev–Trinajstić information content (AvgIpc) is 3.18. The van der Waals surface area contributed by atoms with E-state index in [9.17, 15) is 4.79 Å². The van der Waals surface area contributed by atoms with E-state index in [0.29, 0.717) is 18.2 Å². The molecule has 112 valence electrons. The van der Waals surface area contributed by atoms with Gasteiger partial charge in [-0.05, 0) is 25.5 Å². The van der Waals surface area contributed by atoms with Crippen LogP contribution in [0.25, 0.3) is 0 Å². The fraction of sp³-hybridized carbons (Fsp3) is 0.500. The molecule has 0 bridgehead atoms. The van der Waals surface area contributed by atoms with Crippen molar-refractivity contribution in [2.24, 2.45) is 5.73 Å². The van der Waals surface area contributed by atoms with Gasteiger partial charge in [0.25, 0.3) is 5.91 Å². The van der Waals surface area contributed by atoms with Gasteiger partial charge in [0.15, 0.2) is 0 Å². The molecule has 0 spiro atoms. The van der Waals surface area contributed by atoms with Gasteiger partial charge in [-0.2, -0.15) is 5.10 Å². The summed E-state index contributed by atoms with van der Waals surface area (Å²) in [5, 5.41) is 9.78. The fourth-order valence-corrected chi connectivity index (χ4v) is 3.51. The van der Waals surface area contributed by atoms with E-state index in [1.165, 1.54) is 11.3 Å². The van der Waals surface area contributed by atoms with Crippen LogP contribution >= 0.6 is 11.3 Å². The van der Waals surface area contributed by atoms with E-state index < -0.39 is 0 Å². The zero-order chi connectivity index (χ0) is 14.7. The maximum Gasteiger partial charge on any atom is 0.273 e. The maximum absolute atomic E-state index is 12.5. The average molecular weight is 305 g/mol. The predicted molar refractivity (Wildman–Crippen MR) is 81.3 cm³/mol. The molecule has 3 heterocycles. The molecular weight excluding hydrogens is 286 g/mol. The van der Waals surface area contributed by atoms with Gasteiger partial charge >= 0.3 is 0 Å². The van der Waals surface area contributed by atoms with Crippen molar-refractivity contribution in [3.63, 3.8) is 0 Å². The van der Waals surface area contributed by atoms with Gasteiger partial charge in [0.2, 0.25) is 0 Å². The lowest BCUT2D eigenvalue weighted by atomic mass is 9.95. The smallest absolute Gasteiger partial charge is 0.273 e. The Bertz CT molecular complexity index is 594. The molecule has 1 aliphatic heterocycles. The van der Waals surface area contributed by atoms with E-state index in [2.05, 4.69) is 15.2 Å². The van der Waals surface area contributed by atoms with Crippen LogP contribution in [0.1, 0.15) is 39.9 Å². The number of likely N-dealkylation sites (tertiary alicyclic amines) is 1. The third kappa shape index (κ3) is 3.14. The summed E-state index contributed by atoms with van der Waals surface area (Å²) in [6.45, 7) is 2.09. The van der Waals surface area contributed by atoms with Crippen molar-refractivity contribution in [2.45, 2.75) is 25.2 Å². The summed E-state index contributed by atoms with van der Waals surface area (Å²) in [5.41, 5.74) is 7.18. The Morgan fingerprint density at radius 2 is 2.48 bits per heavy atom. The lowest BCUT2D eigenvalue weighted by Crippen LogP contribution is -2.39. The highest BCUT2D eigenvalue weighted by atomic mass is 32.1. The zero-order valence-electron chi connectivity index (χ0n) is 11.8. The molecule has 7 heteroatoms. The quantitative estimate of drug-likeness (QED) is 0.893. The van der Waals surface area contributed by atoms with Crippen LogP contribution in [0, 0.1) is 0 Å². The summed E-state index contributed by atoms with van der Waals surface area (Å²) in [6.07, 6.45) is 4.58. The minimum atomic E-state index is 0.0266. The SMILES string of the molecule is NCCc1nc(C(=O)N2CCCC(c3ccn[nH]3)C2)cs1. The molecule has 1 saturated heterocycles. The van der Waals surface area contributed by atoms with Crippen LogP contribution in [-0.4, -0.2) is 45.6 Å². The molecule has 1 fully saturated rings. The fourth-order valence-electron chi connectivity index (χ4n) is 2.72. The number of aromatic nitrogens is 3. The normalized spacial score (nSPS) is 18.9. The number of hydrogen-bond acceptors (Lipinski definition) is 5. The van der Waals surface area contributed by atoms with Crippen LogP contribution in [0.5, 0.6) is 0 Å². The molecule has 0 aliphatic carbocycles. The molecule has 2 aromatic rings. The number of piperidine rings is 1. The van der Waals surface area contributed by atoms with Crippen molar-refractivity contribution in [1.82, 2.24) is 20.1 Å². The van der Waals surface area contributed by atoms with Crippen molar-refractivity contribution < 1.29 is 4.79 Å². The Morgan fingerprint density at radius 3 is 3.24 bits per heavy atom. The zero-order valence-corrected chi connectivity index (χ0v) is 12.6. The molecule has 3 N–H and O–H groups in total. The molecule has 0 aromatic carbocycles. The largest absolute Gasteiger partial charge is 0.337 e. The second-order valence-electron chi connectivity index (χ2n) is 5.27. The first kappa shape index (κ1) is 14.2. The number of H-pyrrole nitrogens is 1. The van der Waals surface area contributed by atoms with Crippen molar-refractivity contribution >= 4 is 17.2 Å². The summed E-state index contributed by atoms with van der Waals surface area (Å²) in [7, 11) is 0. The van der Waals surface area contributed by atoms with Gasteiger partial charge in [0.1, 0.15) is 5.69 Å². The highest BCUT2D eigenvalue weighted by Gasteiger charge is 2.27. The van der Waals surface area contributed by atoms with Crippen LogP contribution in [0.3, 0.4) is 0 Å². The monoisotopic (exact) mass is 305 g/mol. The van der Waals surface area contributed by atoms with Gasteiger partial charge in [-0.15, -0.1) is 11.3 Å². The number of nitrogens with two attached hydrogens (primary N) is 1. The van der Waals surface area contributed by atoms with Crippen LogP contribution < -0.4 is 5.73 Å². The lowest BCUT2D eigenvalue weighted by Gasteiger charge is -2.31. The number of carbonyl (C=O) groups is 1. The maximum atomic E-state index is 12.5. The van der Waals surface area contributed by atoms with E-state index in [-0.39, 0.29) is 5.91 Å². The Kier molecular flexibility index (Phi) is 4.31. The second-order valence-corrected chi connectivity index (χ2v) is 6.21. The first-order chi connectivity index (χ1) is 10.3. The van der Waals surface area contributed by atoms with Crippen molar-refractivity contribution in [3.8, 4) is 0 Å². The van der Waals surface area contributed by atoms with E-state index in [1.807, 2.05) is 16.3 Å². The van der Waals surface area contributed by atoms with Crippen LogP contribution in [0.2, 0.25) is 0 Å². The molecule has 3 rings (SSSR count). The summed E-state index contributed by atoms with van der Waals surface area (Å²) in [4.78, 5) is 18.8. The number of amides is 1. The first-order valence-electron chi connectivity index (χ1n) is 7.21. The van der Waals surface area contributed by atoms with E-state index >= 15 is 0 Å². The number of rotatable bonds is 4. The molecule has 1 atom stereocenters. The summed E-state index contributed by atoms with van der Waals surface area (Å²) in [5.74, 6) is 0.367. The number of aromatic amines is 1. The van der Waals surface area contributed by atoms with Crippen LogP contribution in [-0.2, 0) is 6.42 Å². The second kappa shape index (κ2) is 6.36. The number of thiazole rings is 1. The molecule has 1 unspecified atom stereocenters. The third-order valence-corrected chi connectivity index (χ3v) is 4.71. The van der Waals surface area contributed by atoms with Crippen molar-refractivity contribution in [2.75, 3.05) is 19.6 Å². The van der Waals surface area contributed by atoms with E-state index in [0.717, 1.165) is 43.1 Å². The highest BCUT2D eigenvalue weighted by Crippen LogP contribution is 2.26. The Labute approximate surface area is 127 Å². The minimum absolute atomic E-state index is 0.0266. The Morgan fingerprint density at radius 1 is 1.57 bits per heavy atom. The minimum Gasteiger partial charge on any atom is -0.337 e. The van der Waals surface area contributed by atoms with Crippen LogP contribution in [0.15, 0.2) is 17.6 Å². The van der Waals surface area contributed by atoms with Crippen molar-refractivity contribution in [3.05, 3.63) is 34.0 Å². The molecule has 6 nitrogen and oxygen atoms in total. The number of nitrogens with one attached hydrogen (secondary N) is 1. The van der Waals surface area contributed by atoms with E-state index in [1.54, 1.807) is 6.20 Å². The van der Waals surface area contributed by atoms with Gasteiger partial charge in [0, 0.05) is 42.7 Å². The molecule has 0 radical (unpaired) electrons. The molecule has 21 heavy (non-hydrogen) atoms. The van der Waals surface area contributed by atoms with Gasteiger partial charge < -0.3 is 10.6 Å². The number of nitrogens with zero attached hydrogens (tertiary/aromatic N) is 3. The Hall–Kier alpha value is -1.73. The summed E-state index contributed by atoms with van der Waals surface area (Å²) >= 11 is 1.51. The topological polar surface area (TPSA) is 87.9 Å². The molecule has 2 aromatic heterocycles.